The zero-order chi connectivity index (χ0) is 13.0. The summed E-state index contributed by atoms with van der Waals surface area (Å²) in [6.45, 7) is 8.28. The summed E-state index contributed by atoms with van der Waals surface area (Å²) in [4.78, 5) is 24.7. The van der Waals surface area contributed by atoms with Gasteiger partial charge in [0.05, 0.1) is 12.5 Å². The molecule has 5 nitrogen and oxygen atoms in total. The van der Waals surface area contributed by atoms with E-state index in [0.29, 0.717) is 31.5 Å². The molecule has 0 aromatic heterocycles. The van der Waals surface area contributed by atoms with Crippen molar-refractivity contribution < 1.29 is 14.7 Å². The van der Waals surface area contributed by atoms with Crippen molar-refractivity contribution in [3.8, 4) is 0 Å². The number of nitrogens with one attached hydrogen (secondary N) is 1. The molecule has 1 aliphatic heterocycles. The first-order chi connectivity index (χ1) is 7.90. The maximum atomic E-state index is 12.2. The minimum Gasteiger partial charge on any atom is -0.481 e. The Labute approximate surface area is 102 Å². The van der Waals surface area contributed by atoms with Crippen LogP contribution in [0.1, 0.15) is 27.2 Å². The molecule has 5 heteroatoms. The molecule has 0 aromatic rings. The molecular weight excluding hydrogens is 220 g/mol. The smallest absolute Gasteiger partial charge is 0.305 e. The van der Waals surface area contributed by atoms with Crippen molar-refractivity contribution in [1.82, 2.24) is 10.2 Å². The molecule has 2 unspecified atom stereocenters. The van der Waals surface area contributed by atoms with Gasteiger partial charge in [0.1, 0.15) is 0 Å². The quantitative estimate of drug-likeness (QED) is 0.755. The summed E-state index contributed by atoms with van der Waals surface area (Å²) >= 11 is 0. The maximum Gasteiger partial charge on any atom is 0.305 e. The summed E-state index contributed by atoms with van der Waals surface area (Å²) in [5, 5.41) is 11.8. The third-order valence-corrected chi connectivity index (χ3v) is 2.82. The molecule has 1 amide bonds. The predicted molar refractivity (Wildman–Crippen MR) is 64.6 cm³/mol. The molecule has 0 aliphatic carbocycles. The average molecular weight is 242 g/mol. The molecule has 1 fully saturated rings. The van der Waals surface area contributed by atoms with E-state index in [1.165, 1.54) is 0 Å². The van der Waals surface area contributed by atoms with E-state index in [0.717, 1.165) is 0 Å². The molecule has 2 N–H and O–H groups in total. The lowest BCUT2D eigenvalue weighted by Crippen LogP contribution is -2.45. The zero-order valence-electron chi connectivity index (χ0n) is 10.8. The second-order valence-electron chi connectivity index (χ2n) is 5.30. The van der Waals surface area contributed by atoms with Crippen LogP contribution in [0.2, 0.25) is 0 Å². The summed E-state index contributed by atoms with van der Waals surface area (Å²) in [6.07, 6.45) is -0.139. The number of hydrogen-bond acceptors (Lipinski definition) is 3. The highest BCUT2D eigenvalue weighted by atomic mass is 16.4. The predicted octanol–water partition coefficient (Wildman–Crippen LogP) is 0.554. The molecule has 1 saturated heterocycles. The van der Waals surface area contributed by atoms with Gasteiger partial charge in [-0.1, -0.05) is 20.8 Å². The minimum atomic E-state index is -0.935. The molecule has 1 aliphatic rings. The van der Waals surface area contributed by atoms with Crippen LogP contribution in [0.15, 0.2) is 0 Å². The van der Waals surface area contributed by atoms with E-state index in [4.69, 9.17) is 5.11 Å². The van der Waals surface area contributed by atoms with Crippen molar-refractivity contribution >= 4 is 11.9 Å². The second kappa shape index (κ2) is 6.00. The van der Waals surface area contributed by atoms with Crippen LogP contribution in [0.5, 0.6) is 0 Å². The molecule has 0 bridgehead atoms. The SMILES string of the molecule is CC(C)CN1CC(C)CNC(CC(=O)O)C1=O. The average Bonchev–Trinajstić information content (AvgIpc) is 2.30. The number of aliphatic carboxylic acids is 1. The van der Waals surface area contributed by atoms with E-state index in [9.17, 15) is 9.59 Å². The first kappa shape index (κ1) is 14.0. The summed E-state index contributed by atoms with van der Waals surface area (Å²) < 4.78 is 0. The van der Waals surface area contributed by atoms with Crippen molar-refractivity contribution in [3.63, 3.8) is 0 Å². The van der Waals surface area contributed by atoms with Crippen LogP contribution in [0.25, 0.3) is 0 Å². The molecule has 0 radical (unpaired) electrons. The van der Waals surface area contributed by atoms with Crippen LogP contribution in [-0.2, 0) is 9.59 Å². The highest BCUT2D eigenvalue weighted by Crippen LogP contribution is 2.12. The number of carboxylic acids is 1. The van der Waals surface area contributed by atoms with E-state index < -0.39 is 12.0 Å². The normalized spacial score (nSPS) is 26.1. The van der Waals surface area contributed by atoms with E-state index in [-0.39, 0.29) is 12.3 Å². The topological polar surface area (TPSA) is 69.6 Å². The largest absolute Gasteiger partial charge is 0.481 e. The lowest BCUT2D eigenvalue weighted by molar-refractivity contribution is -0.142. The van der Waals surface area contributed by atoms with Crippen molar-refractivity contribution in [2.45, 2.75) is 33.2 Å². The van der Waals surface area contributed by atoms with Crippen molar-refractivity contribution in [1.29, 1.82) is 0 Å². The second-order valence-corrected chi connectivity index (χ2v) is 5.30. The van der Waals surface area contributed by atoms with Gasteiger partial charge in [-0.25, -0.2) is 0 Å². The van der Waals surface area contributed by atoms with Gasteiger partial charge in [-0.05, 0) is 11.8 Å². The van der Waals surface area contributed by atoms with E-state index in [1.807, 2.05) is 0 Å². The Balaban J connectivity index is 2.73. The molecule has 0 aromatic carbocycles. The summed E-state index contributed by atoms with van der Waals surface area (Å²) in [5.74, 6) is -0.258. The van der Waals surface area contributed by atoms with Crippen LogP contribution in [0.4, 0.5) is 0 Å². The Kier molecular flexibility index (Phi) is 4.93. The molecule has 2 atom stereocenters. The van der Waals surface area contributed by atoms with Gasteiger partial charge in [0.15, 0.2) is 0 Å². The number of carbonyl (C=O) groups is 2. The zero-order valence-corrected chi connectivity index (χ0v) is 10.8. The number of carboxylic acid groups (broad SMARTS) is 1. The molecule has 1 heterocycles. The molecule has 17 heavy (non-hydrogen) atoms. The van der Waals surface area contributed by atoms with Gasteiger partial charge in [-0.3, -0.25) is 9.59 Å². The number of amides is 1. The van der Waals surface area contributed by atoms with Crippen LogP contribution >= 0.6 is 0 Å². The van der Waals surface area contributed by atoms with Crippen LogP contribution in [0.3, 0.4) is 0 Å². The number of hydrogen-bond donors (Lipinski definition) is 2. The lowest BCUT2D eigenvalue weighted by Gasteiger charge is -2.26. The first-order valence-corrected chi connectivity index (χ1v) is 6.14. The number of nitrogens with zero attached hydrogens (tertiary/aromatic N) is 1. The number of carbonyl (C=O) groups excluding carboxylic acids is 1. The standard InChI is InChI=1S/C12H22N2O3/c1-8(2)6-14-7-9(3)5-13-10(12(14)17)4-11(15)16/h8-10,13H,4-7H2,1-3H3,(H,15,16). The maximum absolute atomic E-state index is 12.2. The Bertz CT molecular complexity index is 291. The van der Waals surface area contributed by atoms with Gasteiger partial charge in [0.25, 0.3) is 0 Å². The van der Waals surface area contributed by atoms with Gasteiger partial charge in [0.2, 0.25) is 5.91 Å². The third kappa shape index (κ3) is 4.34. The van der Waals surface area contributed by atoms with E-state index in [1.54, 1.807) is 4.90 Å². The van der Waals surface area contributed by atoms with E-state index >= 15 is 0 Å². The van der Waals surface area contributed by atoms with Crippen molar-refractivity contribution in [3.05, 3.63) is 0 Å². The van der Waals surface area contributed by atoms with Crippen molar-refractivity contribution in [2.24, 2.45) is 11.8 Å². The molecule has 1 rings (SSSR count). The third-order valence-electron chi connectivity index (χ3n) is 2.82. The van der Waals surface area contributed by atoms with Gasteiger partial charge < -0.3 is 15.3 Å². The Morgan fingerprint density at radius 2 is 2.24 bits per heavy atom. The first-order valence-electron chi connectivity index (χ1n) is 6.14. The van der Waals surface area contributed by atoms with Crippen LogP contribution < -0.4 is 5.32 Å². The van der Waals surface area contributed by atoms with Gasteiger partial charge in [-0.2, -0.15) is 0 Å². The highest BCUT2D eigenvalue weighted by molar-refractivity contribution is 5.86. The minimum absolute atomic E-state index is 0.0783. The fraction of sp³-hybridized carbons (Fsp3) is 0.833. The summed E-state index contributed by atoms with van der Waals surface area (Å²) in [6, 6.07) is -0.573. The van der Waals surface area contributed by atoms with Gasteiger partial charge in [0, 0.05) is 19.6 Å². The van der Waals surface area contributed by atoms with Gasteiger partial charge >= 0.3 is 5.97 Å². The van der Waals surface area contributed by atoms with E-state index in [2.05, 4.69) is 26.1 Å². The van der Waals surface area contributed by atoms with Gasteiger partial charge in [-0.15, -0.1) is 0 Å². The Morgan fingerprint density at radius 3 is 2.76 bits per heavy atom. The van der Waals surface area contributed by atoms with Crippen molar-refractivity contribution in [2.75, 3.05) is 19.6 Å². The fourth-order valence-electron chi connectivity index (χ4n) is 2.12. The summed E-state index contributed by atoms with van der Waals surface area (Å²) in [7, 11) is 0. The monoisotopic (exact) mass is 242 g/mol. The lowest BCUT2D eigenvalue weighted by atomic mass is 10.1. The molecule has 0 spiro atoms. The summed E-state index contributed by atoms with van der Waals surface area (Å²) in [5.41, 5.74) is 0. The number of rotatable bonds is 4. The molecular formula is C12H22N2O3. The fourth-order valence-corrected chi connectivity index (χ4v) is 2.12. The Morgan fingerprint density at radius 1 is 1.59 bits per heavy atom. The van der Waals surface area contributed by atoms with Crippen LogP contribution in [0, 0.1) is 11.8 Å². The van der Waals surface area contributed by atoms with Crippen LogP contribution in [-0.4, -0.2) is 47.6 Å². The molecule has 0 saturated carbocycles. The Hall–Kier alpha value is -1.10. The highest BCUT2D eigenvalue weighted by Gasteiger charge is 2.30. The molecule has 98 valence electrons.